The van der Waals surface area contributed by atoms with E-state index in [0.29, 0.717) is 17.4 Å². The highest BCUT2D eigenvalue weighted by molar-refractivity contribution is 5.68. The lowest BCUT2D eigenvalue weighted by molar-refractivity contribution is 0.355. The van der Waals surface area contributed by atoms with E-state index in [9.17, 15) is 0 Å². The van der Waals surface area contributed by atoms with E-state index in [1.54, 1.807) is 20.4 Å². The van der Waals surface area contributed by atoms with E-state index < -0.39 is 0 Å². The van der Waals surface area contributed by atoms with Gasteiger partial charge in [-0.15, -0.1) is 0 Å². The molecule has 4 aromatic rings. The molecule has 1 N–H and O–H groups in total. The highest BCUT2D eigenvalue weighted by Crippen LogP contribution is 2.31. The van der Waals surface area contributed by atoms with E-state index >= 15 is 0 Å². The van der Waals surface area contributed by atoms with Crippen LogP contribution in [0, 0.1) is 13.8 Å². The van der Waals surface area contributed by atoms with E-state index in [2.05, 4.69) is 10.3 Å². The summed E-state index contributed by atoms with van der Waals surface area (Å²) in [4.78, 5) is 9.08. The average molecular weight is 401 g/mol. The first-order valence-electron chi connectivity index (χ1n) is 9.55. The van der Waals surface area contributed by atoms with Crippen LogP contribution in [0.3, 0.4) is 0 Å². The van der Waals surface area contributed by atoms with Crippen molar-refractivity contribution in [2.24, 2.45) is 0 Å². The predicted molar refractivity (Wildman–Crippen MR) is 117 cm³/mol. The maximum Gasteiger partial charge on any atom is 0.227 e. The second kappa shape index (κ2) is 8.24. The van der Waals surface area contributed by atoms with Gasteiger partial charge >= 0.3 is 0 Å². The summed E-state index contributed by atoms with van der Waals surface area (Å²) in [5.41, 5.74) is 5.56. The summed E-state index contributed by atoms with van der Waals surface area (Å²) in [6, 6.07) is 17.5. The van der Waals surface area contributed by atoms with Gasteiger partial charge in [0.15, 0.2) is 11.5 Å². The average Bonchev–Trinajstić information content (AvgIpc) is 3.08. The molecule has 0 amide bonds. The highest BCUT2D eigenvalue weighted by atomic mass is 16.5. The van der Waals surface area contributed by atoms with E-state index in [1.165, 1.54) is 0 Å². The molecule has 7 nitrogen and oxygen atoms in total. The number of hydrogen-bond acceptors (Lipinski definition) is 6. The van der Waals surface area contributed by atoms with Gasteiger partial charge in [-0.1, -0.05) is 18.2 Å². The van der Waals surface area contributed by atoms with Gasteiger partial charge < -0.3 is 14.8 Å². The van der Waals surface area contributed by atoms with E-state index in [-0.39, 0.29) is 0 Å². The fourth-order valence-corrected chi connectivity index (χ4v) is 3.44. The number of hydrogen-bond donors (Lipinski definition) is 1. The normalized spacial score (nSPS) is 10.7. The van der Waals surface area contributed by atoms with Gasteiger partial charge in [0.05, 0.1) is 37.0 Å². The van der Waals surface area contributed by atoms with Crippen LogP contribution in [0.1, 0.15) is 11.4 Å². The van der Waals surface area contributed by atoms with E-state index in [4.69, 9.17) is 19.6 Å². The smallest absolute Gasteiger partial charge is 0.227 e. The first-order valence-corrected chi connectivity index (χ1v) is 9.55. The first kappa shape index (κ1) is 19.4. The molecule has 2 aromatic carbocycles. The van der Waals surface area contributed by atoms with Gasteiger partial charge in [-0.3, -0.25) is 0 Å². The van der Waals surface area contributed by atoms with Crippen molar-refractivity contribution in [3.8, 4) is 28.4 Å². The fourth-order valence-electron chi connectivity index (χ4n) is 3.44. The van der Waals surface area contributed by atoms with Crippen LogP contribution in [-0.4, -0.2) is 34.0 Å². The van der Waals surface area contributed by atoms with Gasteiger partial charge in [0.25, 0.3) is 0 Å². The third-order valence-electron chi connectivity index (χ3n) is 4.84. The topological polar surface area (TPSA) is 74.1 Å². The number of nitrogens with zero attached hydrogens (tertiary/aromatic N) is 4. The molecule has 0 aliphatic rings. The van der Waals surface area contributed by atoms with Gasteiger partial charge in [-0.2, -0.15) is 5.10 Å². The summed E-state index contributed by atoms with van der Waals surface area (Å²) in [7, 11) is 3.21. The lowest BCUT2D eigenvalue weighted by Crippen LogP contribution is -2.00. The largest absolute Gasteiger partial charge is 0.493 e. The van der Waals surface area contributed by atoms with Crippen LogP contribution in [0.2, 0.25) is 0 Å². The molecule has 30 heavy (non-hydrogen) atoms. The summed E-state index contributed by atoms with van der Waals surface area (Å²) < 4.78 is 12.6. The quantitative estimate of drug-likeness (QED) is 0.504. The summed E-state index contributed by atoms with van der Waals surface area (Å²) >= 11 is 0. The lowest BCUT2D eigenvalue weighted by Gasteiger charge is -2.11. The van der Waals surface area contributed by atoms with Crippen molar-refractivity contribution in [1.29, 1.82) is 0 Å². The maximum atomic E-state index is 5.37. The van der Waals surface area contributed by atoms with E-state index in [1.807, 2.05) is 73.1 Å². The van der Waals surface area contributed by atoms with Crippen LogP contribution in [0.4, 0.5) is 11.6 Å². The van der Waals surface area contributed by atoms with E-state index in [0.717, 1.165) is 34.0 Å². The Morgan fingerprint density at radius 2 is 1.67 bits per heavy atom. The van der Waals surface area contributed by atoms with Gasteiger partial charge in [0.2, 0.25) is 5.95 Å². The van der Waals surface area contributed by atoms with Crippen LogP contribution in [0.25, 0.3) is 16.9 Å². The Hall–Kier alpha value is -3.87. The minimum atomic E-state index is 0.492. The van der Waals surface area contributed by atoms with Crippen molar-refractivity contribution >= 4 is 11.6 Å². The van der Waals surface area contributed by atoms with Gasteiger partial charge in [0.1, 0.15) is 0 Å². The molecule has 152 valence electrons. The number of nitrogens with one attached hydrogen (secondary N) is 1. The van der Waals surface area contributed by atoms with Crippen molar-refractivity contribution < 1.29 is 9.47 Å². The van der Waals surface area contributed by atoms with Crippen LogP contribution in [0.15, 0.2) is 60.8 Å². The predicted octanol–water partition coefficient (Wildman–Crippen LogP) is 4.71. The molecule has 4 rings (SSSR count). The zero-order valence-corrected chi connectivity index (χ0v) is 17.4. The van der Waals surface area contributed by atoms with Crippen LogP contribution >= 0.6 is 0 Å². The Bertz CT molecular complexity index is 1170. The monoisotopic (exact) mass is 401 g/mol. The molecule has 0 aliphatic carbocycles. The standard InChI is InChI=1S/C23H23N5O2/c1-15-22(16(2)28(27-15)18-8-6-5-7-9-18)19-12-13-24-23(26-19)25-17-10-11-20(29-3)21(14-17)30-4/h5-14H,1-4H3,(H,24,25,26). The molecule has 0 fully saturated rings. The molecule has 2 heterocycles. The highest BCUT2D eigenvalue weighted by Gasteiger charge is 2.16. The lowest BCUT2D eigenvalue weighted by atomic mass is 10.1. The number of ether oxygens (including phenoxy) is 2. The first-order chi connectivity index (χ1) is 14.6. The van der Waals surface area contributed by atoms with Crippen molar-refractivity contribution in [3.63, 3.8) is 0 Å². The second-order valence-electron chi connectivity index (χ2n) is 6.75. The van der Waals surface area contributed by atoms with Gasteiger partial charge in [0, 0.05) is 23.5 Å². The van der Waals surface area contributed by atoms with Crippen molar-refractivity contribution in [3.05, 3.63) is 72.2 Å². The third kappa shape index (κ3) is 3.69. The number of aryl methyl sites for hydroxylation is 1. The van der Waals surface area contributed by atoms with Crippen molar-refractivity contribution in [1.82, 2.24) is 19.7 Å². The number of methoxy groups -OCH3 is 2. The SMILES string of the molecule is COc1ccc(Nc2nccc(-c3c(C)nn(-c4ccccc4)c3C)n2)cc1OC. The van der Waals surface area contributed by atoms with Gasteiger partial charge in [-0.25, -0.2) is 14.6 Å². The van der Waals surface area contributed by atoms with Crippen LogP contribution < -0.4 is 14.8 Å². The minimum Gasteiger partial charge on any atom is -0.493 e. The summed E-state index contributed by atoms with van der Waals surface area (Å²) in [6.07, 6.45) is 1.74. The number of para-hydroxylation sites is 1. The zero-order valence-electron chi connectivity index (χ0n) is 17.4. The Balaban J connectivity index is 1.67. The summed E-state index contributed by atoms with van der Waals surface area (Å²) in [5.74, 6) is 1.79. The Morgan fingerprint density at radius 1 is 0.900 bits per heavy atom. The van der Waals surface area contributed by atoms with Crippen LogP contribution in [0.5, 0.6) is 11.5 Å². The molecular formula is C23H23N5O2. The molecule has 0 atom stereocenters. The zero-order chi connectivity index (χ0) is 21.1. The molecule has 0 saturated carbocycles. The van der Waals surface area contributed by atoms with Gasteiger partial charge in [-0.05, 0) is 44.2 Å². The third-order valence-corrected chi connectivity index (χ3v) is 4.84. The molecule has 0 radical (unpaired) electrons. The number of benzene rings is 2. The van der Waals surface area contributed by atoms with Crippen molar-refractivity contribution in [2.75, 3.05) is 19.5 Å². The number of rotatable bonds is 6. The van der Waals surface area contributed by atoms with Crippen molar-refractivity contribution in [2.45, 2.75) is 13.8 Å². The number of aromatic nitrogens is 4. The molecule has 2 aromatic heterocycles. The molecule has 0 aliphatic heterocycles. The Morgan fingerprint density at radius 3 is 2.40 bits per heavy atom. The number of anilines is 2. The summed E-state index contributed by atoms with van der Waals surface area (Å²) in [6.45, 7) is 4.04. The molecule has 7 heteroatoms. The minimum absolute atomic E-state index is 0.492. The Labute approximate surface area is 175 Å². The molecule has 0 bridgehead atoms. The fraction of sp³-hybridized carbons (Fsp3) is 0.174. The van der Waals surface area contributed by atoms with Crippen LogP contribution in [-0.2, 0) is 0 Å². The molecular weight excluding hydrogens is 378 g/mol. The molecule has 0 unspecified atom stereocenters. The second-order valence-corrected chi connectivity index (χ2v) is 6.75. The molecule has 0 saturated heterocycles. The summed E-state index contributed by atoms with van der Waals surface area (Å²) in [5, 5.41) is 7.95. The molecule has 0 spiro atoms. The maximum absolute atomic E-state index is 5.37. The Kier molecular flexibility index (Phi) is 5.34.